The lowest BCUT2D eigenvalue weighted by Gasteiger charge is -2.22. The quantitative estimate of drug-likeness (QED) is 0.572. The highest BCUT2D eigenvalue weighted by atomic mass is 35.5. The molecule has 0 aliphatic heterocycles. The van der Waals surface area contributed by atoms with Crippen molar-refractivity contribution >= 4 is 23.7 Å². The van der Waals surface area contributed by atoms with E-state index >= 15 is 0 Å². The van der Waals surface area contributed by atoms with Crippen LogP contribution in [0.1, 0.15) is 33.2 Å². The molecule has 0 spiro atoms. The molecule has 0 radical (unpaired) electrons. The molecule has 7 heteroatoms. The van der Waals surface area contributed by atoms with Crippen molar-refractivity contribution < 1.29 is 23.8 Å². The monoisotopic (exact) mass is 391 g/mol. The van der Waals surface area contributed by atoms with Gasteiger partial charge in [-0.25, -0.2) is 9.59 Å². The van der Waals surface area contributed by atoms with Crippen LogP contribution in [-0.4, -0.2) is 39.4 Å². The van der Waals surface area contributed by atoms with Crippen molar-refractivity contribution in [2.75, 3.05) is 27.4 Å². The van der Waals surface area contributed by atoms with Crippen molar-refractivity contribution in [2.24, 2.45) is 0 Å². The molecule has 6 nitrogen and oxygen atoms in total. The lowest BCUT2D eigenvalue weighted by atomic mass is 9.94. The third-order valence-electron chi connectivity index (χ3n) is 4.06. The van der Waals surface area contributed by atoms with E-state index in [1.165, 1.54) is 14.2 Å². The van der Waals surface area contributed by atoms with Crippen LogP contribution < -0.4 is 5.32 Å². The molecule has 1 atom stereocenters. The van der Waals surface area contributed by atoms with Gasteiger partial charge in [-0.2, -0.15) is 0 Å². The molecule has 0 fully saturated rings. The van der Waals surface area contributed by atoms with Gasteiger partial charge in [0.15, 0.2) is 0 Å². The molecule has 0 aromatic heterocycles. The van der Waals surface area contributed by atoms with Gasteiger partial charge in [-0.3, -0.25) is 0 Å². The molecule has 1 N–H and O–H groups in total. The van der Waals surface area contributed by atoms with E-state index in [0.717, 1.165) is 16.7 Å². The van der Waals surface area contributed by atoms with Gasteiger partial charge in [-0.15, -0.1) is 0 Å². The Morgan fingerprint density at radius 3 is 2.52 bits per heavy atom. The molecule has 2 rings (SSSR count). The van der Waals surface area contributed by atoms with Gasteiger partial charge in [0.05, 0.1) is 26.4 Å². The highest BCUT2D eigenvalue weighted by Gasteiger charge is 2.21. The Kier molecular flexibility index (Phi) is 7.64. The van der Waals surface area contributed by atoms with E-state index < -0.39 is 18.2 Å². The Bertz CT molecular complexity index is 809. The third kappa shape index (κ3) is 5.45. The van der Waals surface area contributed by atoms with Gasteiger partial charge in [-0.1, -0.05) is 35.9 Å². The van der Waals surface area contributed by atoms with Gasteiger partial charge in [0.25, 0.3) is 0 Å². The minimum atomic E-state index is -0.526. The maximum absolute atomic E-state index is 12.0. The summed E-state index contributed by atoms with van der Waals surface area (Å²) in [5.41, 5.74) is 2.89. The summed E-state index contributed by atoms with van der Waals surface area (Å²) < 4.78 is 15.4. The molecule has 0 saturated carbocycles. The first-order chi connectivity index (χ1) is 13.0. The number of rotatable bonds is 7. The van der Waals surface area contributed by atoms with Crippen LogP contribution in [0.3, 0.4) is 0 Å². The maximum Gasteiger partial charge on any atom is 0.406 e. The van der Waals surface area contributed by atoms with Gasteiger partial charge in [0.1, 0.15) is 6.10 Å². The summed E-state index contributed by atoms with van der Waals surface area (Å²) in [5, 5.41) is 3.15. The van der Waals surface area contributed by atoms with Gasteiger partial charge < -0.3 is 19.5 Å². The highest BCUT2D eigenvalue weighted by Crippen LogP contribution is 2.31. The summed E-state index contributed by atoms with van der Waals surface area (Å²) in [6, 6.07) is 12.7. The number of amides is 1. The maximum atomic E-state index is 12.0. The van der Waals surface area contributed by atoms with Crippen LogP contribution in [0.5, 0.6) is 0 Å². The number of halogens is 1. The number of carbonyl (C=O) groups excluding carboxylic acids is 2. The first kappa shape index (κ1) is 20.7. The van der Waals surface area contributed by atoms with Crippen LogP contribution in [0.15, 0.2) is 42.5 Å². The first-order valence-corrected chi connectivity index (χ1v) is 8.72. The predicted octanol–water partition coefficient (Wildman–Crippen LogP) is 3.90. The Hall–Kier alpha value is -2.57. The smallest absolute Gasteiger partial charge is 0.406 e. The standard InChI is InChI=1S/C20H22ClNO5/c1-13-16(8-5-9-17(13)19(23)25-2)18(14-6-4-7-15(21)12-14)27-11-10-22-20(24)26-3/h4-9,12,18H,10-11H2,1-3H3,(H,22,24)/t18-/m1/s1. The van der Waals surface area contributed by atoms with E-state index in [9.17, 15) is 9.59 Å². The Morgan fingerprint density at radius 1 is 1.11 bits per heavy atom. The Morgan fingerprint density at radius 2 is 1.85 bits per heavy atom. The van der Waals surface area contributed by atoms with Crippen LogP contribution in [0.25, 0.3) is 0 Å². The molecule has 2 aromatic rings. The van der Waals surface area contributed by atoms with Gasteiger partial charge in [-0.05, 0) is 41.8 Å². The molecule has 1 amide bonds. The zero-order chi connectivity index (χ0) is 19.8. The second-order valence-electron chi connectivity index (χ2n) is 5.74. The molecular formula is C20H22ClNO5. The number of esters is 1. The summed E-state index contributed by atoms with van der Waals surface area (Å²) in [7, 11) is 2.64. The van der Waals surface area contributed by atoms with Crippen LogP contribution in [0.2, 0.25) is 5.02 Å². The number of ether oxygens (including phenoxy) is 3. The summed E-state index contributed by atoms with van der Waals surface area (Å²) in [6.07, 6.45) is -0.991. The van der Waals surface area contributed by atoms with Crippen molar-refractivity contribution in [3.05, 3.63) is 69.7 Å². The molecule has 0 aliphatic rings. The van der Waals surface area contributed by atoms with Crippen LogP contribution in [0.4, 0.5) is 4.79 Å². The second-order valence-corrected chi connectivity index (χ2v) is 6.17. The fourth-order valence-electron chi connectivity index (χ4n) is 2.71. The van der Waals surface area contributed by atoms with E-state index in [1.807, 2.05) is 31.2 Å². The van der Waals surface area contributed by atoms with Crippen LogP contribution in [-0.2, 0) is 14.2 Å². The van der Waals surface area contributed by atoms with Gasteiger partial charge in [0, 0.05) is 11.6 Å². The number of hydrogen-bond acceptors (Lipinski definition) is 5. The van der Waals surface area contributed by atoms with Gasteiger partial charge in [0.2, 0.25) is 0 Å². The zero-order valence-corrected chi connectivity index (χ0v) is 16.2. The van der Waals surface area contributed by atoms with Gasteiger partial charge >= 0.3 is 12.1 Å². The lowest BCUT2D eigenvalue weighted by Crippen LogP contribution is -2.27. The number of hydrogen-bond donors (Lipinski definition) is 1. The van der Waals surface area contributed by atoms with Crippen molar-refractivity contribution in [3.63, 3.8) is 0 Å². The average Bonchev–Trinajstić information content (AvgIpc) is 2.68. The van der Waals surface area contributed by atoms with E-state index in [2.05, 4.69) is 10.1 Å². The minimum Gasteiger partial charge on any atom is -0.465 e. The molecule has 0 aliphatic carbocycles. The summed E-state index contributed by atoms with van der Waals surface area (Å²) in [4.78, 5) is 23.2. The number of benzene rings is 2. The van der Waals surface area contributed by atoms with Crippen molar-refractivity contribution in [2.45, 2.75) is 13.0 Å². The Balaban J connectivity index is 2.32. The molecule has 144 valence electrons. The fourth-order valence-corrected chi connectivity index (χ4v) is 2.90. The normalized spacial score (nSPS) is 11.6. The molecule has 27 heavy (non-hydrogen) atoms. The summed E-state index contributed by atoms with van der Waals surface area (Å²) >= 11 is 6.14. The second kappa shape index (κ2) is 9.94. The van der Waals surface area contributed by atoms with E-state index in [1.54, 1.807) is 18.2 Å². The van der Waals surface area contributed by atoms with Crippen molar-refractivity contribution in [3.8, 4) is 0 Å². The van der Waals surface area contributed by atoms with Crippen LogP contribution in [0, 0.1) is 6.92 Å². The molecule has 0 bridgehead atoms. The molecule has 0 saturated heterocycles. The number of carbonyl (C=O) groups is 2. The minimum absolute atomic E-state index is 0.244. The van der Waals surface area contributed by atoms with E-state index in [-0.39, 0.29) is 13.2 Å². The SMILES string of the molecule is COC(=O)NCCO[C@H](c1cccc(Cl)c1)c1cccc(C(=O)OC)c1C. The van der Waals surface area contributed by atoms with E-state index in [0.29, 0.717) is 10.6 Å². The molecule has 2 aromatic carbocycles. The number of nitrogens with one attached hydrogen (secondary N) is 1. The average molecular weight is 392 g/mol. The largest absolute Gasteiger partial charge is 0.465 e. The number of methoxy groups -OCH3 is 2. The fraction of sp³-hybridized carbons (Fsp3) is 0.300. The van der Waals surface area contributed by atoms with Crippen molar-refractivity contribution in [1.82, 2.24) is 5.32 Å². The summed E-state index contributed by atoms with van der Waals surface area (Å²) in [6.45, 7) is 2.36. The topological polar surface area (TPSA) is 73.9 Å². The predicted molar refractivity (Wildman–Crippen MR) is 102 cm³/mol. The third-order valence-corrected chi connectivity index (χ3v) is 4.29. The van der Waals surface area contributed by atoms with Crippen LogP contribution >= 0.6 is 11.6 Å². The summed E-state index contributed by atoms with van der Waals surface area (Å²) in [5.74, 6) is -0.411. The first-order valence-electron chi connectivity index (χ1n) is 8.34. The van der Waals surface area contributed by atoms with Crippen molar-refractivity contribution in [1.29, 1.82) is 0 Å². The lowest BCUT2D eigenvalue weighted by molar-refractivity contribution is 0.0597. The zero-order valence-electron chi connectivity index (χ0n) is 15.5. The molecule has 0 unspecified atom stereocenters. The number of alkyl carbamates (subject to hydrolysis) is 1. The Labute approximate surface area is 163 Å². The molecular weight excluding hydrogens is 370 g/mol. The molecule has 0 heterocycles. The highest BCUT2D eigenvalue weighted by molar-refractivity contribution is 6.30. The van der Waals surface area contributed by atoms with E-state index in [4.69, 9.17) is 21.1 Å².